The molecule has 2 aromatic heterocycles. The zero-order chi connectivity index (χ0) is 19.5. The second-order valence-electron chi connectivity index (χ2n) is 6.05. The van der Waals surface area contributed by atoms with Crippen LogP contribution in [0.5, 0.6) is 0 Å². The quantitative estimate of drug-likeness (QED) is 0.505. The van der Waals surface area contributed by atoms with Gasteiger partial charge in [-0.05, 0) is 30.3 Å². The maximum Gasteiger partial charge on any atom is 0.419 e. The monoisotopic (exact) mass is 395 g/mol. The number of rotatable bonds is 6. The molecule has 0 saturated carbocycles. The minimum absolute atomic E-state index is 0.131. The molecule has 0 aliphatic rings. The Morgan fingerprint density at radius 3 is 2.93 bits per heavy atom. The molecule has 0 saturated heterocycles. The molecule has 0 bridgehead atoms. The summed E-state index contributed by atoms with van der Waals surface area (Å²) in [6, 6.07) is 14.8. The van der Waals surface area contributed by atoms with E-state index >= 15 is 0 Å². The van der Waals surface area contributed by atoms with Crippen molar-refractivity contribution < 1.29 is 9.21 Å². The van der Waals surface area contributed by atoms with Crippen LogP contribution in [0.3, 0.4) is 0 Å². The zero-order valence-electron chi connectivity index (χ0n) is 15.0. The summed E-state index contributed by atoms with van der Waals surface area (Å²) >= 11 is 1.48. The van der Waals surface area contributed by atoms with E-state index in [1.54, 1.807) is 17.0 Å². The lowest BCUT2D eigenvalue weighted by Gasteiger charge is -2.09. The summed E-state index contributed by atoms with van der Waals surface area (Å²) in [4.78, 5) is 23.3. The molecule has 0 aliphatic heterocycles. The van der Waals surface area contributed by atoms with Gasteiger partial charge in [-0.2, -0.15) is 0 Å². The lowest BCUT2D eigenvalue weighted by atomic mass is 10.2. The summed E-state index contributed by atoms with van der Waals surface area (Å²) in [5.41, 5.74) is 2.89. The first-order valence-electron chi connectivity index (χ1n) is 8.61. The van der Waals surface area contributed by atoms with Crippen molar-refractivity contribution in [3.05, 3.63) is 65.4 Å². The van der Waals surface area contributed by atoms with E-state index < -0.39 is 0 Å². The summed E-state index contributed by atoms with van der Waals surface area (Å²) in [5.74, 6) is 0.118. The molecule has 2 heterocycles. The molecule has 9 heteroatoms. The van der Waals surface area contributed by atoms with Gasteiger partial charge in [0.1, 0.15) is 6.33 Å². The molecule has 4 aromatic rings. The first-order valence-corrected chi connectivity index (χ1v) is 9.59. The molecule has 0 spiro atoms. The highest BCUT2D eigenvalue weighted by Crippen LogP contribution is 2.22. The van der Waals surface area contributed by atoms with E-state index in [0.29, 0.717) is 28.7 Å². The van der Waals surface area contributed by atoms with Gasteiger partial charge in [0.25, 0.3) is 0 Å². The van der Waals surface area contributed by atoms with Gasteiger partial charge in [0.15, 0.2) is 10.7 Å². The number of para-hydroxylation sites is 2. The summed E-state index contributed by atoms with van der Waals surface area (Å²) in [5, 5.41) is 11.6. The average molecular weight is 395 g/mol. The zero-order valence-corrected chi connectivity index (χ0v) is 15.8. The molecule has 0 fully saturated rings. The van der Waals surface area contributed by atoms with Crippen molar-refractivity contribution >= 4 is 34.5 Å². The van der Waals surface area contributed by atoms with Crippen LogP contribution in [-0.4, -0.2) is 31.0 Å². The third-order valence-corrected chi connectivity index (χ3v) is 5.00. The maximum absolute atomic E-state index is 12.1. The van der Waals surface area contributed by atoms with Crippen molar-refractivity contribution in [2.24, 2.45) is 0 Å². The highest BCUT2D eigenvalue weighted by Gasteiger charge is 2.11. The Hall–Kier alpha value is -3.33. The molecular formula is C19H17N5O3S. The number of nitrogens with zero attached hydrogens (tertiary/aromatic N) is 4. The van der Waals surface area contributed by atoms with E-state index in [0.717, 1.165) is 11.2 Å². The van der Waals surface area contributed by atoms with Gasteiger partial charge in [-0.3, -0.25) is 13.9 Å². The van der Waals surface area contributed by atoms with Gasteiger partial charge in [-0.1, -0.05) is 30.0 Å². The lowest BCUT2D eigenvalue weighted by Crippen LogP contribution is -2.15. The number of nitrogens with one attached hydrogen (secondary N) is 1. The molecule has 2 aromatic carbocycles. The number of aryl methyl sites for hydroxylation is 1. The molecular weight excluding hydrogens is 378 g/mol. The fourth-order valence-electron chi connectivity index (χ4n) is 2.89. The largest absolute Gasteiger partial charge is 0.419 e. The van der Waals surface area contributed by atoms with Gasteiger partial charge < -0.3 is 9.73 Å². The van der Waals surface area contributed by atoms with Gasteiger partial charge in [0, 0.05) is 24.9 Å². The number of hydrogen-bond acceptors (Lipinski definition) is 6. The summed E-state index contributed by atoms with van der Waals surface area (Å²) in [6.07, 6.45) is 1.62. The fraction of sp³-hybridized carbons (Fsp3) is 0.158. The Balaban J connectivity index is 1.50. The van der Waals surface area contributed by atoms with Crippen molar-refractivity contribution in [1.82, 2.24) is 19.3 Å². The van der Waals surface area contributed by atoms with E-state index in [1.165, 1.54) is 18.7 Å². The van der Waals surface area contributed by atoms with Crippen LogP contribution in [0.15, 0.2) is 69.2 Å². The number of carbonyl (C=O) groups is 1. The predicted molar refractivity (Wildman–Crippen MR) is 107 cm³/mol. The number of hydrogen-bond donors (Lipinski definition) is 1. The van der Waals surface area contributed by atoms with Crippen LogP contribution in [0.25, 0.3) is 16.8 Å². The number of aromatic nitrogens is 4. The van der Waals surface area contributed by atoms with Crippen LogP contribution in [-0.2, 0) is 11.3 Å². The molecule has 28 heavy (non-hydrogen) atoms. The predicted octanol–water partition coefficient (Wildman–Crippen LogP) is 2.93. The Labute approximate surface area is 164 Å². The minimum atomic E-state index is -0.369. The molecule has 4 rings (SSSR count). The molecule has 8 nitrogen and oxygen atoms in total. The van der Waals surface area contributed by atoms with Crippen molar-refractivity contribution in [2.75, 3.05) is 11.1 Å². The number of thioether (sulfide) groups is 1. The Morgan fingerprint density at radius 1 is 1.21 bits per heavy atom. The maximum atomic E-state index is 12.1. The van der Waals surface area contributed by atoms with E-state index in [1.807, 2.05) is 47.0 Å². The highest BCUT2D eigenvalue weighted by atomic mass is 32.2. The van der Waals surface area contributed by atoms with Crippen molar-refractivity contribution in [2.45, 2.75) is 18.6 Å². The molecule has 0 aliphatic carbocycles. The molecule has 0 atom stereocenters. The first kappa shape index (κ1) is 18.1. The van der Waals surface area contributed by atoms with Crippen molar-refractivity contribution in [1.29, 1.82) is 0 Å². The highest BCUT2D eigenvalue weighted by molar-refractivity contribution is 7.99. The van der Waals surface area contributed by atoms with Gasteiger partial charge in [-0.15, -0.1) is 10.2 Å². The fourth-order valence-corrected chi connectivity index (χ4v) is 3.74. The van der Waals surface area contributed by atoms with Gasteiger partial charge in [-0.25, -0.2) is 4.79 Å². The van der Waals surface area contributed by atoms with Gasteiger partial charge in [0.05, 0.1) is 11.2 Å². The van der Waals surface area contributed by atoms with Crippen molar-refractivity contribution in [3.8, 4) is 5.69 Å². The summed E-state index contributed by atoms with van der Waals surface area (Å²) < 4.78 is 8.71. The molecule has 142 valence electrons. The summed E-state index contributed by atoms with van der Waals surface area (Å²) in [7, 11) is 0. The van der Waals surface area contributed by atoms with Crippen molar-refractivity contribution in [3.63, 3.8) is 0 Å². The second kappa shape index (κ2) is 7.73. The van der Waals surface area contributed by atoms with E-state index in [4.69, 9.17) is 4.42 Å². The SMILES string of the molecule is CC(=O)Nc1cccc(-n2cnnc2SCCn2c(=O)oc3ccccc32)c1. The lowest BCUT2D eigenvalue weighted by molar-refractivity contribution is -0.114. The van der Waals surface area contributed by atoms with E-state index in [9.17, 15) is 9.59 Å². The van der Waals surface area contributed by atoms with Crippen LogP contribution in [0.4, 0.5) is 5.69 Å². The molecule has 1 N–H and O–H groups in total. The second-order valence-corrected chi connectivity index (χ2v) is 7.11. The van der Waals surface area contributed by atoms with Crippen LogP contribution in [0, 0.1) is 0 Å². The number of benzene rings is 2. The minimum Gasteiger partial charge on any atom is -0.408 e. The number of fused-ring (bicyclic) bond motifs is 1. The Morgan fingerprint density at radius 2 is 2.07 bits per heavy atom. The van der Waals surface area contributed by atoms with Gasteiger partial charge in [0.2, 0.25) is 5.91 Å². The van der Waals surface area contributed by atoms with Crippen LogP contribution in [0.2, 0.25) is 0 Å². The smallest absolute Gasteiger partial charge is 0.408 e. The summed E-state index contributed by atoms with van der Waals surface area (Å²) in [6.45, 7) is 1.95. The first-order chi connectivity index (χ1) is 13.6. The number of oxazole rings is 1. The molecule has 0 radical (unpaired) electrons. The topological polar surface area (TPSA) is 95.0 Å². The van der Waals surface area contributed by atoms with Crippen LogP contribution < -0.4 is 11.1 Å². The van der Waals surface area contributed by atoms with Crippen LogP contribution >= 0.6 is 11.8 Å². The molecule has 1 amide bonds. The van der Waals surface area contributed by atoms with Crippen LogP contribution in [0.1, 0.15) is 6.92 Å². The van der Waals surface area contributed by atoms with Gasteiger partial charge >= 0.3 is 5.76 Å². The third kappa shape index (κ3) is 3.70. The number of anilines is 1. The number of amides is 1. The van der Waals surface area contributed by atoms with E-state index in [-0.39, 0.29) is 11.7 Å². The Kier molecular flexibility index (Phi) is 4.98. The Bertz CT molecular complexity index is 1190. The normalized spacial score (nSPS) is 11.0. The number of carbonyl (C=O) groups excluding carboxylic acids is 1. The standard InChI is InChI=1S/C19H17N5O3S/c1-13(25)21-14-5-4-6-15(11-14)24-12-20-22-18(24)28-10-9-23-16-7-2-3-8-17(16)27-19(23)26/h2-8,11-12H,9-10H2,1H3,(H,21,25). The molecule has 0 unspecified atom stereocenters. The van der Waals surface area contributed by atoms with E-state index in [2.05, 4.69) is 15.5 Å². The average Bonchev–Trinajstić information content (AvgIpc) is 3.26. The third-order valence-electron chi connectivity index (χ3n) is 4.08.